The van der Waals surface area contributed by atoms with Gasteiger partial charge < -0.3 is 0 Å². The third-order valence-electron chi connectivity index (χ3n) is 3.14. The molecule has 0 aliphatic heterocycles. The molecule has 0 amide bonds. The summed E-state index contributed by atoms with van der Waals surface area (Å²) >= 11 is 0. The highest BCUT2D eigenvalue weighted by Gasteiger charge is 2.04. The number of carbonyl (C=O) groups excluding carboxylic acids is 1. The minimum Gasteiger partial charge on any atom is -0.294 e. The molecule has 1 aromatic carbocycles. The van der Waals surface area contributed by atoms with Crippen molar-refractivity contribution >= 4 is 12.0 Å². The molecule has 0 saturated heterocycles. The van der Waals surface area contributed by atoms with Gasteiger partial charge in [-0.2, -0.15) is 10.1 Å². The minimum atomic E-state index is -0.557. The van der Waals surface area contributed by atoms with E-state index >= 15 is 0 Å². The maximum atomic E-state index is 11.3. The van der Waals surface area contributed by atoms with Crippen molar-refractivity contribution in [2.75, 3.05) is 7.11 Å². The summed E-state index contributed by atoms with van der Waals surface area (Å²) in [4.78, 5) is 20.0. The summed E-state index contributed by atoms with van der Waals surface area (Å²) in [5.41, 5.74) is 2.64. The zero-order valence-electron chi connectivity index (χ0n) is 12.6. The topological polar surface area (TPSA) is 59.3 Å². The average Bonchev–Trinajstić information content (AvgIpc) is 2.50. The zero-order chi connectivity index (χ0) is 15.5. The number of hydrogen-bond donors (Lipinski definition) is 0. The van der Waals surface area contributed by atoms with Crippen LogP contribution in [0.3, 0.4) is 0 Å². The minimum absolute atomic E-state index is 0.557. The van der Waals surface area contributed by atoms with Gasteiger partial charge in [0.25, 0.3) is 0 Å². The molecule has 0 spiro atoms. The van der Waals surface area contributed by atoms with Crippen molar-refractivity contribution in [2.24, 2.45) is 0 Å². The molecule has 112 valence electrons. The number of benzene rings is 1. The molecule has 0 radical (unpaired) electrons. The fourth-order valence-electron chi connectivity index (χ4n) is 2.06. The number of nitriles is 1. The van der Waals surface area contributed by atoms with Crippen LogP contribution in [0.1, 0.15) is 49.3 Å². The number of carbonyl (C=O) groups is 1. The van der Waals surface area contributed by atoms with Gasteiger partial charge in [-0.25, -0.2) is 4.79 Å². The number of rotatable bonds is 8. The monoisotopic (exact) mass is 287 g/mol. The maximum Gasteiger partial charge on any atom is 0.365 e. The first-order chi connectivity index (χ1) is 10.2. The van der Waals surface area contributed by atoms with E-state index in [0.29, 0.717) is 5.56 Å². The largest absolute Gasteiger partial charge is 0.365 e. The second-order valence-corrected chi connectivity index (χ2v) is 4.74. The molecule has 0 aliphatic carbocycles. The van der Waals surface area contributed by atoms with E-state index in [1.807, 2.05) is 12.1 Å². The van der Waals surface area contributed by atoms with Crippen molar-refractivity contribution in [1.29, 1.82) is 5.26 Å². The number of hydrogen-bond acceptors (Lipinski definition) is 4. The Morgan fingerprint density at radius 1 is 1.33 bits per heavy atom. The quantitative estimate of drug-likeness (QED) is 0.316. The molecule has 0 unspecified atom stereocenters. The standard InChI is InChI=1S/C17H21NO3/c1-3-4-5-6-7-16-12-14(13-18)8-9-15(16)10-11-17(19)21-20-2/h8-12H,3-7H2,1-2H3. The number of unbranched alkanes of at least 4 members (excludes halogenated alkanes) is 3. The molecule has 21 heavy (non-hydrogen) atoms. The van der Waals surface area contributed by atoms with Crippen LogP contribution in [0.25, 0.3) is 6.08 Å². The van der Waals surface area contributed by atoms with E-state index in [4.69, 9.17) is 5.26 Å². The summed E-state index contributed by atoms with van der Waals surface area (Å²) in [6.45, 7) is 2.17. The Balaban J connectivity index is 2.81. The highest BCUT2D eigenvalue weighted by molar-refractivity contribution is 5.86. The highest BCUT2D eigenvalue weighted by Crippen LogP contribution is 2.17. The van der Waals surface area contributed by atoms with Crippen LogP contribution >= 0.6 is 0 Å². The van der Waals surface area contributed by atoms with Crippen molar-refractivity contribution in [2.45, 2.75) is 39.0 Å². The van der Waals surface area contributed by atoms with Gasteiger partial charge in [0.05, 0.1) is 18.7 Å². The maximum absolute atomic E-state index is 11.3. The second-order valence-electron chi connectivity index (χ2n) is 4.74. The predicted molar refractivity (Wildman–Crippen MR) is 81.1 cm³/mol. The van der Waals surface area contributed by atoms with Crippen LogP contribution in [0, 0.1) is 11.3 Å². The van der Waals surface area contributed by atoms with Gasteiger partial charge in [0, 0.05) is 6.08 Å². The fraction of sp³-hybridized carbons (Fsp3) is 0.412. The smallest absolute Gasteiger partial charge is 0.294 e. The lowest BCUT2D eigenvalue weighted by Gasteiger charge is -2.07. The summed E-state index contributed by atoms with van der Waals surface area (Å²) in [6, 6.07) is 7.63. The first-order valence-corrected chi connectivity index (χ1v) is 7.17. The fourth-order valence-corrected chi connectivity index (χ4v) is 2.06. The SMILES string of the molecule is CCCCCCc1cc(C#N)ccc1C=CC(=O)OOC. The Kier molecular flexibility index (Phi) is 7.85. The zero-order valence-corrected chi connectivity index (χ0v) is 12.6. The Labute approximate surface area is 125 Å². The van der Waals surface area contributed by atoms with E-state index < -0.39 is 5.97 Å². The predicted octanol–water partition coefficient (Wildman–Crippen LogP) is 3.80. The molecule has 0 bridgehead atoms. The van der Waals surface area contributed by atoms with Crippen molar-refractivity contribution in [1.82, 2.24) is 0 Å². The van der Waals surface area contributed by atoms with Crippen LogP contribution < -0.4 is 0 Å². The van der Waals surface area contributed by atoms with E-state index in [2.05, 4.69) is 22.8 Å². The molecule has 0 aliphatic rings. The lowest BCUT2D eigenvalue weighted by Crippen LogP contribution is -1.98. The molecule has 0 N–H and O–H groups in total. The second kappa shape index (κ2) is 9.73. The Bertz CT molecular complexity index is 529. The normalized spacial score (nSPS) is 10.5. The van der Waals surface area contributed by atoms with Crippen LogP contribution in [-0.4, -0.2) is 13.1 Å². The Morgan fingerprint density at radius 2 is 2.14 bits per heavy atom. The first-order valence-electron chi connectivity index (χ1n) is 7.17. The van der Waals surface area contributed by atoms with Gasteiger partial charge in [-0.1, -0.05) is 32.3 Å². The molecule has 4 nitrogen and oxygen atoms in total. The van der Waals surface area contributed by atoms with Crippen LogP contribution in [0.5, 0.6) is 0 Å². The van der Waals surface area contributed by atoms with E-state index in [0.717, 1.165) is 24.0 Å². The summed E-state index contributed by atoms with van der Waals surface area (Å²) in [7, 11) is 1.28. The third-order valence-corrected chi connectivity index (χ3v) is 3.14. The van der Waals surface area contributed by atoms with Gasteiger partial charge >= 0.3 is 5.97 Å². The molecule has 0 atom stereocenters. The molecular weight excluding hydrogens is 266 g/mol. The average molecular weight is 287 g/mol. The van der Waals surface area contributed by atoms with Crippen molar-refractivity contribution in [3.8, 4) is 6.07 Å². The lowest BCUT2D eigenvalue weighted by atomic mass is 9.98. The molecule has 0 aromatic heterocycles. The summed E-state index contributed by atoms with van der Waals surface area (Å²) in [6.07, 6.45) is 8.55. The van der Waals surface area contributed by atoms with Gasteiger partial charge in [0.1, 0.15) is 0 Å². The van der Waals surface area contributed by atoms with Gasteiger partial charge in [0.15, 0.2) is 0 Å². The summed E-state index contributed by atoms with van der Waals surface area (Å²) in [5, 5.41) is 8.99. The van der Waals surface area contributed by atoms with Gasteiger partial charge in [-0.3, -0.25) is 4.89 Å². The van der Waals surface area contributed by atoms with Gasteiger partial charge in [0.2, 0.25) is 0 Å². The lowest BCUT2D eigenvalue weighted by molar-refractivity contribution is -0.249. The van der Waals surface area contributed by atoms with Gasteiger partial charge in [-0.15, -0.1) is 0 Å². The third kappa shape index (κ3) is 6.24. The van der Waals surface area contributed by atoms with E-state index in [1.165, 1.54) is 32.4 Å². The summed E-state index contributed by atoms with van der Waals surface area (Å²) < 4.78 is 0. The van der Waals surface area contributed by atoms with Gasteiger partial charge in [-0.05, 0) is 42.2 Å². The molecule has 0 fully saturated rings. The number of nitrogens with zero attached hydrogens (tertiary/aromatic N) is 1. The molecular formula is C17H21NO3. The molecule has 4 heteroatoms. The van der Waals surface area contributed by atoms with E-state index in [1.54, 1.807) is 12.1 Å². The highest BCUT2D eigenvalue weighted by atomic mass is 17.2. The van der Waals surface area contributed by atoms with Crippen molar-refractivity contribution in [3.05, 3.63) is 41.0 Å². The van der Waals surface area contributed by atoms with Crippen molar-refractivity contribution in [3.63, 3.8) is 0 Å². The molecule has 0 heterocycles. The van der Waals surface area contributed by atoms with Crippen LogP contribution in [0.2, 0.25) is 0 Å². The van der Waals surface area contributed by atoms with Crippen LogP contribution in [0.15, 0.2) is 24.3 Å². The summed E-state index contributed by atoms with van der Waals surface area (Å²) in [5.74, 6) is -0.557. The van der Waals surface area contributed by atoms with E-state index in [9.17, 15) is 4.79 Å². The van der Waals surface area contributed by atoms with Crippen LogP contribution in [-0.2, 0) is 21.0 Å². The van der Waals surface area contributed by atoms with Crippen molar-refractivity contribution < 1.29 is 14.6 Å². The Morgan fingerprint density at radius 3 is 2.81 bits per heavy atom. The Hall–Kier alpha value is -2.12. The molecule has 0 saturated carbocycles. The van der Waals surface area contributed by atoms with Crippen LogP contribution in [0.4, 0.5) is 0 Å². The molecule has 1 aromatic rings. The van der Waals surface area contributed by atoms with E-state index in [-0.39, 0.29) is 0 Å². The number of aryl methyl sites for hydroxylation is 1. The molecule has 1 rings (SSSR count). The first kappa shape index (κ1) is 16.9.